The van der Waals surface area contributed by atoms with Crippen LogP contribution in [0.1, 0.15) is 0 Å². The van der Waals surface area contributed by atoms with Crippen LogP contribution in [0.2, 0.25) is 0 Å². The minimum absolute atomic E-state index is 0. The Morgan fingerprint density at radius 1 is 1.12 bits per heavy atom. The first-order chi connectivity index (χ1) is 6.73. The minimum atomic E-state index is -5.72. The summed E-state index contributed by atoms with van der Waals surface area (Å²) in [6, 6.07) is -0.298. The monoisotopic (exact) mass is 265 g/mol. The molecule has 0 aliphatic heterocycles. The molecule has 0 amide bonds. The zero-order valence-electron chi connectivity index (χ0n) is 7.89. The topological polar surface area (TPSA) is 43.1 Å². The maximum absolute atomic E-state index is 12.7. The van der Waals surface area contributed by atoms with Crippen LogP contribution in [0.4, 0.5) is 27.4 Å². The Kier molecular flexibility index (Phi) is 5.53. The fraction of sp³-hybridized carbons (Fsp3) is 0. The van der Waals surface area contributed by atoms with Gasteiger partial charge in [-0.3, -0.25) is 10.1 Å². The SMILES string of the molecule is O=[N+]([O-])c1cc(F)c([B-](F)(F)F)cc1F.[K+]. The summed E-state index contributed by atoms with van der Waals surface area (Å²) >= 11 is 0. The van der Waals surface area contributed by atoms with Gasteiger partial charge in [0.25, 0.3) is 0 Å². The molecule has 1 aromatic rings. The molecule has 1 aromatic carbocycles. The molecule has 0 aromatic heterocycles. The van der Waals surface area contributed by atoms with E-state index in [4.69, 9.17) is 0 Å². The predicted molar refractivity (Wildman–Crippen MR) is 41.7 cm³/mol. The maximum Gasteiger partial charge on any atom is 1.00 e. The van der Waals surface area contributed by atoms with E-state index < -0.39 is 34.7 Å². The Hall–Kier alpha value is -0.0287. The van der Waals surface area contributed by atoms with E-state index in [-0.39, 0.29) is 63.5 Å². The van der Waals surface area contributed by atoms with Crippen molar-refractivity contribution in [2.45, 2.75) is 0 Å². The fourth-order valence-corrected chi connectivity index (χ4v) is 0.942. The summed E-state index contributed by atoms with van der Waals surface area (Å²) in [5.41, 5.74) is -3.13. The van der Waals surface area contributed by atoms with E-state index in [1.165, 1.54) is 0 Å². The van der Waals surface area contributed by atoms with E-state index in [1.54, 1.807) is 0 Å². The van der Waals surface area contributed by atoms with Crippen molar-refractivity contribution in [1.82, 2.24) is 0 Å². The molecule has 0 aliphatic carbocycles. The molecule has 16 heavy (non-hydrogen) atoms. The van der Waals surface area contributed by atoms with Gasteiger partial charge in [-0.05, 0) is 6.07 Å². The molecule has 0 heterocycles. The molecule has 0 spiro atoms. The minimum Gasteiger partial charge on any atom is -0.445 e. The van der Waals surface area contributed by atoms with Crippen molar-refractivity contribution in [2.24, 2.45) is 0 Å². The zero-order chi connectivity index (χ0) is 11.8. The molecular formula is C6H2BF5KNO2. The number of halogens is 5. The van der Waals surface area contributed by atoms with Gasteiger partial charge in [0.05, 0.1) is 11.0 Å². The second-order valence-corrected chi connectivity index (χ2v) is 2.66. The van der Waals surface area contributed by atoms with Gasteiger partial charge in [0.1, 0.15) is 5.82 Å². The number of nitrogens with zero attached hydrogens (tertiary/aromatic N) is 1. The zero-order valence-corrected chi connectivity index (χ0v) is 11.0. The summed E-state index contributed by atoms with van der Waals surface area (Å²) in [6.45, 7) is -5.72. The molecule has 0 atom stereocenters. The van der Waals surface area contributed by atoms with E-state index in [0.717, 1.165) is 0 Å². The molecule has 3 nitrogen and oxygen atoms in total. The van der Waals surface area contributed by atoms with Crippen LogP contribution in [0.25, 0.3) is 0 Å². The predicted octanol–water partition coefficient (Wildman–Crippen LogP) is -1.07. The molecule has 0 aliphatic rings. The molecule has 0 bridgehead atoms. The molecular weight excluding hydrogens is 263 g/mol. The van der Waals surface area contributed by atoms with E-state index in [0.29, 0.717) is 0 Å². The van der Waals surface area contributed by atoms with Crippen LogP contribution in [-0.2, 0) is 0 Å². The molecule has 10 heteroatoms. The third kappa shape index (κ3) is 3.49. The average Bonchev–Trinajstić information content (AvgIpc) is 2.06. The number of hydrogen-bond donors (Lipinski definition) is 0. The number of nitro benzene ring substituents is 1. The van der Waals surface area contributed by atoms with Gasteiger partial charge in [-0.1, -0.05) is 5.46 Å². The fourth-order valence-electron chi connectivity index (χ4n) is 0.942. The van der Waals surface area contributed by atoms with Gasteiger partial charge in [-0.15, -0.1) is 0 Å². The van der Waals surface area contributed by atoms with Crippen LogP contribution in [0.15, 0.2) is 12.1 Å². The molecule has 0 saturated heterocycles. The summed E-state index contributed by atoms with van der Waals surface area (Å²) in [4.78, 5) is 8.76. The first-order valence-electron chi connectivity index (χ1n) is 3.56. The second-order valence-electron chi connectivity index (χ2n) is 2.66. The Labute approximate surface area is 129 Å². The molecule has 0 fully saturated rings. The average molecular weight is 265 g/mol. The van der Waals surface area contributed by atoms with Crippen LogP contribution in [0.3, 0.4) is 0 Å². The van der Waals surface area contributed by atoms with E-state index in [2.05, 4.69) is 0 Å². The van der Waals surface area contributed by atoms with Crippen LogP contribution in [0, 0.1) is 21.7 Å². The Morgan fingerprint density at radius 2 is 1.62 bits per heavy atom. The van der Waals surface area contributed by atoms with Crippen molar-refractivity contribution < 1.29 is 78.0 Å². The van der Waals surface area contributed by atoms with Crippen LogP contribution in [-0.4, -0.2) is 11.9 Å². The third-order valence-electron chi connectivity index (χ3n) is 1.62. The molecule has 1 rings (SSSR count). The summed E-state index contributed by atoms with van der Waals surface area (Å²) in [5, 5.41) is 10.1. The quantitative estimate of drug-likeness (QED) is 0.296. The van der Waals surface area contributed by atoms with Gasteiger partial charge < -0.3 is 12.9 Å². The molecule has 0 radical (unpaired) electrons. The van der Waals surface area contributed by atoms with Crippen molar-refractivity contribution in [1.29, 1.82) is 0 Å². The molecule has 0 N–H and O–H groups in total. The molecule has 0 saturated carbocycles. The molecule has 82 valence electrons. The van der Waals surface area contributed by atoms with Crippen molar-refractivity contribution >= 4 is 18.1 Å². The molecule has 0 unspecified atom stereocenters. The summed E-state index contributed by atoms with van der Waals surface area (Å²) in [6.07, 6.45) is 0. The standard InChI is InChI=1S/C6H2BF5NO2.K/c8-4-2-6(13(14)15)5(9)1-3(4)7(10,11)12;/h1-2H;/q-1;+1. The summed E-state index contributed by atoms with van der Waals surface area (Å²) in [7, 11) is 0. The Morgan fingerprint density at radius 3 is 2.00 bits per heavy atom. The number of benzene rings is 1. The van der Waals surface area contributed by atoms with Crippen LogP contribution in [0.5, 0.6) is 0 Å². The number of nitro groups is 1. The van der Waals surface area contributed by atoms with Crippen molar-refractivity contribution in [3.8, 4) is 0 Å². The second kappa shape index (κ2) is 5.54. The van der Waals surface area contributed by atoms with Gasteiger partial charge in [-0.2, -0.15) is 4.39 Å². The number of rotatable bonds is 2. The Balaban J connectivity index is 0.00000225. The van der Waals surface area contributed by atoms with Gasteiger partial charge in [0.15, 0.2) is 5.82 Å². The third-order valence-corrected chi connectivity index (χ3v) is 1.62. The van der Waals surface area contributed by atoms with Crippen LogP contribution >= 0.6 is 0 Å². The van der Waals surface area contributed by atoms with Crippen LogP contribution < -0.4 is 56.8 Å². The Bertz CT molecular complexity index is 424. The van der Waals surface area contributed by atoms with Gasteiger partial charge in [-0.25, -0.2) is 4.39 Å². The summed E-state index contributed by atoms with van der Waals surface area (Å²) in [5.74, 6) is -3.56. The van der Waals surface area contributed by atoms with Gasteiger partial charge >= 0.3 is 64.0 Å². The maximum atomic E-state index is 12.7. The van der Waals surface area contributed by atoms with Gasteiger partial charge in [0.2, 0.25) is 0 Å². The van der Waals surface area contributed by atoms with E-state index in [9.17, 15) is 31.8 Å². The van der Waals surface area contributed by atoms with Crippen molar-refractivity contribution in [2.75, 3.05) is 0 Å². The number of hydrogen-bond acceptors (Lipinski definition) is 2. The van der Waals surface area contributed by atoms with Gasteiger partial charge in [0, 0.05) is 0 Å². The normalized spacial score (nSPS) is 10.8. The smallest absolute Gasteiger partial charge is 0.445 e. The first kappa shape index (κ1) is 16.0. The van der Waals surface area contributed by atoms with Crippen molar-refractivity contribution in [3.05, 3.63) is 33.9 Å². The van der Waals surface area contributed by atoms with Crippen molar-refractivity contribution in [3.63, 3.8) is 0 Å². The largest absolute Gasteiger partial charge is 1.00 e. The van der Waals surface area contributed by atoms with E-state index in [1.807, 2.05) is 0 Å². The summed E-state index contributed by atoms with van der Waals surface area (Å²) < 4.78 is 61.6. The first-order valence-corrected chi connectivity index (χ1v) is 3.56. The van der Waals surface area contributed by atoms with E-state index >= 15 is 0 Å².